The van der Waals surface area contributed by atoms with Crippen LogP contribution in [0.2, 0.25) is 0 Å². The third-order valence-electron chi connectivity index (χ3n) is 11.3. The van der Waals surface area contributed by atoms with E-state index in [1.54, 1.807) is 0 Å². The molecule has 1 atom stereocenters. The van der Waals surface area contributed by atoms with E-state index in [1.165, 1.54) is 125 Å². The van der Waals surface area contributed by atoms with Crippen molar-refractivity contribution in [2.24, 2.45) is 11.3 Å². The number of hydrogen-bond donors (Lipinski definition) is 0. The topological polar surface area (TPSA) is 0 Å². The molecule has 7 rings (SSSR count). The summed E-state index contributed by atoms with van der Waals surface area (Å²) in [5.41, 5.74) is 23.6. The fourth-order valence-corrected chi connectivity index (χ4v) is 8.55. The number of rotatable bonds is 3. The second-order valence-corrected chi connectivity index (χ2v) is 19.5. The van der Waals surface area contributed by atoms with Crippen LogP contribution in [0.25, 0.3) is 33.4 Å². The fraction of sp³-hybridized carbons (Fsp3) is 0.379. The minimum absolute atomic E-state index is 0. The molecule has 5 aromatic carbocycles. The quantitative estimate of drug-likeness (QED) is 0.155. The van der Waals surface area contributed by atoms with Gasteiger partial charge in [0.2, 0.25) is 0 Å². The average Bonchev–Trinajstić information content (AvgIpc) is 3.76. The summed E-state index contributed by atoms with van der Waals surface area (Å²) in [5.74, 6) is 0.573. The predicted molar refractivity (Wildman–Crippen MR) is 273 cm³/mol. The number of benzene rings is 5. The van der Waals surface area contributed by atoms with E-state index < -0.39 is 0 Å². The van der Waals surface area contributed by atoms with Gasteiger partial charge in [0.05, 0.1) is 0 Å². The van der Waals surface area contributed by atoms with Gasteiger partial charge in [-0.2, -0.15) is 48.0 Å². The maximum absolute atomic E-state index is 4.01. The SMILES string of the molecule is CCC1[C-]=CC(C(C)(C)C)=C1.Cc1cc(C)c(-c2[c-]c3c(cc2C(C)(C)C)-c2cc(C(C)(C)C)c(-c4c(C)cc(C)cc4C)cc2C3)c(C)c1.Cl.Cl.[CH2]=[Zr].[CH3-].[c-]1ccccc1. The van der Waals surface area contributed by atoms with Crippen LogP contribution >= 0.6 is 24.8 Å². The van der Waals surface area contributed by atoms with Crippen LogP contribution in [-0.4, -0.2) is 4.21 Å². The molecule has 0 saturated heterocycles. The van der Waals surface area contributed by atoms with Gasteiger partial charge in [-0.3, -0.25) is 6.08 Å². The van der Waals surface area contributed by atoms with Gasteiger partial charge in [-0.1, -0.05) is 162 Å². The van der Waals surface area contributed by atoms with E-state index in [0.717, 1.165) is 6.42 Å². The van der Waals surface area contributed by atoms with Crippen molar-refractivity contribution in [3.8, 4) is 33.4 Å². The molecular formula is C58H74Cl2Zr-4. The third-order valence-corrected chi connectivity index (χ3v) is 11.3. The molecule has 61 heavy (non-hydrogen) atoms. The summed E-state index contributed by atoms with van der Waals surface area (Å²) in [7, 11) is 0. The largest absolute Gasteiger partial charge is 0.358 e. The smallest absolute Gasteiger partial charge is 0.171 e. The van der Waals surface area contributed by atoms with Crippen molar-refractivity contribution < 1.29 is 24.2 Å². The van der Waals surface area contributed by atoms with Crippen LogP contribution in [0.4, 0.5) is 0 Å². The zero-order valence-electron chi connectivity index (χ0n) is 40.6. The summed E-state index contributed by atoms with van der Waals surface area (Å²) < 4.78 is 3.34. The Morgan fingerprint density at radius 3 is 1.46 bits per heavy atom. The Morgan fingerprint density at radius 1 is 0.607 bits per heavy atom. The molecule has 3 heteroatoms. The Bertz CT molecular complexity index is 2090. The molecule has 0 N–H and O–H groups in total. The molecule has 0 nitrogen and oxygen atoms in total. The summed E-state index contributed by atoms with van der Waals surface area (Å²) >= 11 is 1.30. The first-order valence-electron chi connectivity index (χ1n) is 21.1. The second kappa shape index (κ2) is 23.0. The van der Waals surface area contributed by atoms with Gasteiger partial charge in [-0.25, -0.2) is 6.08 Å². The van der Waals surface area contributed by atoms with Gasteiger partial charge >= 0.3 is 28.4 Å². The molecule has 0 aliphatic heterocycles. The number of hydrogen-bond acceptors (Lipinski definition) is 0. The molecule has 2 aliphatic carbocycles. The average molecular weight is 933 g/mol. The summed E-state index contributed by atoms with van der Waals surface area (Å²) in [4.78, 5) is 0. The standard InChI is InChI=1S/C39H45.C11H17.C6H5.CH3.CH2.2ClH.Zr/c1-22-13-24(3)36(25(4)14-22)32-18-28-17-29-19-33(37-26(5)15-23(2)16-27(37)6)35(39(10,11)12)21-31(29)30(28)20-34(32)38(7,8)9;1-5-9-6-7-10(8-9)11(2,3)4;1-2-4-6-5-3-1;;;;;/h13-16,18,20-21H,17H2,1-12H3;7-9H,5H2,1-4H3;1-5H;1H3;1H2;2*1H;/q4*-1;;;;. The molecule has 1 unspecified atom stereocenters. The van der Waals surface area contributed by atoms with Crippen molar-refractivity contribution in [1.82, 2.24) is 0 Å². The van der Waals surface area contributed by atoms with Crippen LogP contribution in [-0.2, 0) is 41.5 Å². The van der Waals surface area contributed by atoms with E-state index >= 15 is 0 Å². The summed E-state index contributed by atoms with van der Waals surface area (Å²) in [5, 5.41) is 0. The maximum Gasteiger partial charge on any atom is -0.171 e. The predicted octanol–water partition coefficient (Wildman–Crippen LogP) is 16.9. The Morgan fingerprint density at radius 2 is 1.08 bits per heavy atom. The molecule has 0 heterocycles. The van der Waals surface area contributed by atoms with Crippen molar-refractivity contribution in [3.05, 3.63) is 172 Å². The number of aryl methyl sites for hydroxylation is 6. The van der Waals surface area contributed by atoms with Gasteiger partial charge in [-0.15, -0.1) is 53.6 Å². The minimum Gasteiger partial charge on any atom is -0.358 e. The summed E-state index contributed by atoms with van der Waals surface area (Å²) in [6, 6.07) is 33.3. The van der Waals surface area contributed by atoms with Crippen LogP contribution in [0.15, 0.2) is 90.5 Å². The first-order chi connectivity index (χ1) is 27.1. The van der Waals surface area contributed by atoms with Gasteiger partial charge in [0.25, 0.3) is 0 Å². The molecule has 2 aliphatic rings. The van der Waals surface area contributed by atoms with E-state index in [1.807, 2.05) is 30.3 Å². The Labute approximate surface area is 401 Å². The van der Waals surface area contributed by atoms with E-state index in [9.17, 15) is 0 Å². The van der Waals surface area contributed by atoms with Crippen molar-refractivity contribution in [2.75, 3.05) is 0 Å². The molecule has 0 fully saturated rings. The summed E-state index contributed by atoms with van der Waals surface area (Å²) in [6.07, 6.45) is 9.94. The first kappa shape index (κ1) is 55.9. The second-order valence-electron chi connectivity index (χ2n) is 19.5. The molecule has 328 valence electrons. The van der Waals surface area contributed by atoms with Gasteiger partial charge in [0.15, 0.2) is 0 Å². The minimum atomic E-state index is 0. The van der Waals surface area contributed by atoms with Gasteiger partial charge < -0.3 is 7.43 Å². The molecule has 0 aromatic heterocycles. The van der Waals surface area contributed by atoms with E-state index in [4.69, 9.17) is 0 Å². The Kier molecular flexibility index (Phi) is 21.1. The van der Waals surface area contributed by atoms with Crippen LogP contribution in [0.1, 0.15) is 131 Å². The molecule has 0 amide bonds. The maximum atomic E-state index is 4.01. The van der Waals surface area contributed by atoms with E-state index in [-0.39, 0.29) is 43.1 Å². The first-order valence-corrected chi connectivity index (χ1v) is 22.9. The molecule has 0 bridgehead atoms. The normalized spacial score (nSPS) is 13.5. The van der Waals surface area contributed by atoms with E-state index in [2.05, 4.69) is 188 Å². The van der Waals surface area contributed by atoms with Gasteiger partial charge in [0, 0.05) is 0 Å². The van der Waals surface area contributed by atoms with Crippen molar-refractivity contribution in [2.45, 2.75) is 134 Å². The van der Waals surface area contributed by atoms with E-state index in [0.29, 0.717) is 11.3 Å². The summed E-state index contributed by atoms with van der Waals surface area (Å²) in [6.45, 7) is 36.5. The number of allylic oxidation sites excluding steroid dienone is 4. The Hall–Kier alpha value is -3.09. The van der Waals surface area contributed by atoms with Crippen molar-refractivity contribution in [1.29, 1.82) is 0 Å². The van der Waals surface area contributed by atoms with Crippen LogP contribution in [0, 0.1) is 78.5 Å². The fourth-order valence-electron chi connectivity index (χ4n) is 8.55. The third kappa shape index (κ3) is 13.7. The zero-order chi connectivity index (χ0) is 43.3. The molecule has 0 saturated carbocycles. The van der Waals surface area contributed by atoms with Gasteiger partial charge in [-0.05, 0) is 92.2 Å². The molecular weight excluding hydrogens is 859 g/mol. The molecule has 5 aromatic rings. The monoisotopic (exact) mass is 930 g/mol. The number of fused-ring (bicyclic) bond motifs is 3. The Balaban J connectivity index is 0.000000702. The van der Waals surface area contributed by atoms with Crippen molar-refractivity contribution >= 4 is 29.0 Å². The zero-order valence-corrected chi connectivity index (χ0v) is 44.7. The van der Waals surface area contributed by atoms with Gasteiger partial charge in [0.1, 0.15) is 0 Å². The van der Waals surface area contributed by atoms with Crippen LogP contribution in [0.3, 0.4) is 0 Å². The van der Waals surface area contributed by atoms with Crippen molar-refractivity contribution in [3.63, 3.8) is 0 Å². The molecule has 0 spiro atoms. The number of halogens is 2. The molecule has 0 radical (unpaired) electrons. The van der Waals surface area contributed by atoms with Crippen LogP contribution < -0.4 is 0 Å². The van der Waals surface area contributed by atoms with Crippen LogP contribution in [0.5, 0.6) is 0 Å².